The molecule has 1 aliphatic rings. The van der Waals surface area contributed by atoms with Crippen molar-refractivity contribution in [1.29, 1.82) is 0 Å². The van der Waals surface area contributed by atoms with E-state index in [0.717, 1.165) is 19.4 Å². The van der Waals surface area contributed by atoms with Crippen LogP contribution in [0.5, 0.6) is 0 Å². The monoisotopic (exact) mass is 271 g/mol. The number of nitrogens with one attached hydrogen (secondary N) is 1. The van der Waals surface area contributed by atoms with E-state index < -0.39 is 0 Å². The molecule has 1 N–H and O–H groups in total. The number of ether oxygens (including phenoxy) is 2. The lowest BCUT2D eigenvalue weighted by Gasteiger charge is -2.10. The number of carbonyl (C=O) groups excluding carboxylic acids is 1. The molecule has 1 atom stereocenters. The second kappa shape index (κ2) is 6.63. The summed E-state index contributed by atoms with van der Waals surface area (Å²) in [6.07, 6.45) is 3.59. The summed E-state index contributed by atoms with van der Waals surface area (Å²) >= 11 is 5.65. The summed E-state index contributed by atoms with van der Waals surface area (Å²) in [5.74, 6) is -0.253. The molecule has 0 radical (unpaired) electrons. The Labute approximate surface area is 110 Å². The van der Waals surface area contributed by atoms with E-state index >= 15 is 0 Å². The quantitative estimate of drug-likeness (QED) is 0.873. The number of hydrogen-bond donors (Lipinski definition) is 1. The van der Waals surface area contributed by atoms with Crippen molar-refractivity contribution >= 4 is 23.2 Å². The fourth-order valence-corrected chi connectivity index (χ4v) is 1.83. The summed E-state index contributed by atoms with van der Waals surface area (Å²) in [6.45, 7) is 1.21. The van der Waals surface area contributed by atoms with Crippen molar-refractivity contribution in [2.24, 2.45) is 0 Å². The van der Waals surface area contributed by atoms with Gasteiger partial charge in [-0.15, -0.1) is 5.10 Å². The first-order valence-electron chi connectivity index (χ1n) is 5.71. The van der Waals surface area contributed by atoms with Crippen LogP contribution in [0.15, 0.2) is 12.3 Å². The molecular formula is C11H14ClN3O3. The third-order valence-electron chi connectivity index (χ3n) is 2.47. The molecule has 18 heavy (non-hydrogen) atoms. The zero-order valence-corrected chi connectivity index (χ0v) is 10.5. The minimum Gasteiger partial charge on any atom is -0.376 e. The van der Waals surface area contributed by atoms with Gasteiger partial charge in [0.15, 0.2) is 5.15 Å². The van der Waals surface area contributed by atoms with Crippen molar-refractivity contribution < 1.29 is 14.3 Å². The zero-order valence-electron chi connectivity index (χ0n) is 9.76. The normalized spacial score (nSPS) is 18.8. The molecule has 1 aromatic heterocycles. The zero-order chi connectivity index (χ0) is 12.8. The summed E-state index contributed by atoms with van der Waals surface area (Å²) in [7, 11) is 0. The lowest BCUT2D eigenvalue weighted by Crippen LogP contribution is -2.22. The fraction of sp³-hybridized carbons (Fsp3) is 0.545. The molecule has 0 saturated carbocycles. The standard InChI is InChI=1S/C11H14ClN3O3/c12-10-4-8(5-13-15-10)14-11(16)7-17-6-9-2-1-3-18-9/h4-5,9H,1-3,6-7H2,(H,14,15,16). The Balaban J connectivity index is 1.68. The van der Waals surface area contributed by atoms with E-state index in [1.165, 1.54) is 12.3 Å². The van der Waals surface area contributed by atoms with Gasteiger partial charge < -0.3 is 14.8 Å². The van der Waals surface area contributed by atoms with E-state index in [-0.39, 0.29) is 23.8 Å². The van der Waals surface area contributed by atoms with Crippen LogP contribution in [-0.4, -0.2) is 42.0 Å². The Morgan fingerprint density at radius 2 is 2.56 bits per heavy atom. The van der Waals surface area contributed by atoms with Crippen molar-refractivity contribution in [3.05, 3.63) is 17.4 Å². The first kappa shape index (κ1) is 13.2. The highest BCUT2D eigenvalue weighted by atomic mass is 35.5. The predicted molar refractivity (Wildman–Crippen MR) is 65.5 cm³/mol. The van der Waals surface area contributed by atoms with E-state index in [4.69, 9.17) is 21.1 Å². The molecular weight excluding hydrogens is 258 g/mol. The maximum absolute atomic E-state index is 11.5. The number of amides is 1. The van der Waals surface area contributed by atoms with Crippen LogP contribution in [0, 0.1) is 0 Å². The van der Waals surface area contributed by atoms with Gasteiger partial charge in [-0.2, -0.15) is 5.10 Å². The molecule has 1 aromatic rings. The number of rotatable bonds is 5. The molecule has 1 fully saturated rings. The summed E-state index contributed by atoms with van der Waals surface area (Å²) < 4.78 is 10.7. The Morgan fingerprint density at radius 3 is 3.28 bits per heavy atom. The van der Waals surface area contributed by atoms with Crippen molar-refractivity contribution in [2.75, 3.05) is 25.1 Å². The highest BCUT2D eigenvalue weighted by molar-refractivity contribution is 6.29. The Kier molecular flexibility index (Phi) is 4.86. The number of hydrogen-bond acceptors (Lipinski definition) is 5. The highest BCUT2D eigenvalue weighted by Gasteiger charge is 2.15. The van der Waals surface area contributed by atoms with E-state index in [9.17, 15) is 4.79 Å². The van der Waals surface area contributed by atoms with Crippen molar-refractivity contribution in [1.82, 2.24) is 10.2 Å². The van der Waals surface area contributed by atoms with Gasteiger partial charge in [0.25, 0.3) is 0 Å². The number of carbonyl (C=O) groups is 1. The molecule has 0 aliphatic carbocycles. The molecule has 0 spiro atoms. The van der Waals surface area contributed by atoms with Gasteiger partial charge in [-0.3, -0.25) is 4.79 Å². The summed E-state index contributed by atoms with van der Waals surface area (Å²) in [5.41, 5.74) is 0.501. The van der Waals surface area contributed by atoms with Crippen LogP contribution in [0.1, 0.15) is 12.8 Å². The Bertz CT molecular complexity index is 410. The van der Waals surface area contributed by atoms with Crippen LogP contribution >= 0.6 is 11.6 Å². The lowest BCUT2D eigenvalue weighted by atomic mass is 10.2. The molecule has 1 aliphatic heterocycles. The average molecular weight is 272 g/mol. The largest absolute Gasteiger partial charge is 0.376 e. The Morgan fingerprint density at radius 1 is 1.67 bits per heavy atom. The molecule has 2 rings (SSSR count). The summed E-state index contributed by atoms with van der Waals surface area (Å²) in [4.78, 5) is 11.5. The summed E-state index contributed by atoms with van der Waals surface area (Å²) in [6, 6.07) is 1.52. The minimum atomic E-state index is -0.253. The van der Waals surface area contributed by atoms with Crippen molar-refractivity contribution in [3.8, 4) is 0 Å². The van der Waals surface area contributed by atoms with E-state index in [2.05, 4.69) is 15.5 Å². The third-order valence-corrected chi connectivity index (χ3v) is 2.65. The maximum atomic E-state index is 11.5. The molecule has 0 aromatic carbocycles. The second-order valence-electron chi connectivity index (χ2n) is 3.97. The topological polar surface area (TPSA) is 73.3 Å². The molecule has 6 nitrogen and oxygen atoms in total. The summed E-state index contributed by atoms with van der Waals surface area (Å²) in [5, 5.41) is 10.0. The maximum Gasteiger partial charge on any atom is 0.250 e. The van der Waals surface area contributed by atoms with Gasteiger partial charge in [-0.05, 0) is 12.8 Å². The van der Waals surface area contributed by atoms with E-state index in [1.54, 1.807) is 0 Å². The van der Waals surface area contributed by atoms with Crippen molar-refractivity contribution in [2.45, 2.75) is 18.9 Å². The van der Waals surface area contributed by atoms with Gasteiger partial charge in [0, 0.05) is 12.7 Å². The van der Waals surface area contributed by atoms with E-state index in [1.807, 2.05) is 0 Å². The van der Waals surface area contributed by atoms with Crippen LogP contribution < -0.4 is 5.32 Å². The number of anilines is 1. The van der Waals surface area contributed by atoms with Crippen LogP contribution in [-0.2, 0) is 14.3 Å². The van der Waals surface area contributed by atoms with Crippen LogP contribution in [0.2, 0.25) is 5.15 Å². The molecule has 1 amide bonds. The molecule has 7 heteroatoms. The molecule has 1 unspecified atom stereocenters. The smallest absolute Gasteiger partial charge is 0.250 e. The number of halogens is 1. The van der Waals surface area contributed by atoms with Gasteiger partial charge in [-0.1, -0.05) is 11.6 Å². The van der Waals surface area contributed by atoms with Crippen LogP contribution in [0.4, 0.5) is 5.69 Å². The first-order valence-corrected chi connectivity index (χ1v) is 6.09. The average Bonchev–Trinajstić information content (AvgIpc) is 2.82. The fourth-order valence-electron chi connectivity index (χ4n) is 1.66. The third kappa shape index (κ3) is 4.21. The van der Waals surface area contributed by atoms with Gasteiger partial charge in [-0.25, -0.2) is 0 Å². The first-order chi connectivity index (χ1) is 8.74. The SMILES string of the molecule is O=C(COCC1CCCO1)Nc1cnnc(Cl)c1. The van der Waals surface area contributed by atoms with Crippen LogP contribution in [0.3, 0.4) is 0 Å². The minimum absolute atomic E-state index is 0.0141. The molecule has 0 bridgehead atoms. The Hall–Kier alpha value is -1.24. The molecule has 2 heterocycles. The molecule has 1 saturated heterocycles. The van der Waals surface area contributed by atoms with Gasteiger partial charge >= 0.3 is 0 Å². The van der Waals surface area contributed by atoms with Crippen molar-refractivity contribution in [3.63, 3.8) is 0 Å². The second-order valence-corrected chi connectivity index (χ2v) is 4.35. The number of aromatic nitrogens is 2. The lowest BCUT2D eigenvalue weighted by molar-refractivity contribution is -0.121. The van der Waals surface area contributed by atoms with Crippen LogP contribution in [0.25, 0.3) is 0 Å². The number of nitrogens with zero attached hydrogens (tertiary/aromatic N) is 2. The highest BCUT2D eigenvalue weighted by Crippen LogP contribution is 2.12. The van der Waals surface area contributed by atoms with Gasteiger partial charge in [0.05, 0.1) is 24.6 Å². The van der Waals surface area contributed by atoms with Gasteiger partial charge in [0.2, 0.25) is 5.91 Å². The van der Waals surface area contributed by atoms with Gasteiger partial charge in [0.1, 0.15) is 6.61 Å². The predicted octanol–water partition coefficient (Wildman–Crippen LogP) is 1.26. The molecule has 98 valence electrons. The van der Waals surface area contributed by atoms with E-state index in [0.29, 0.717) is 12.3 Å².